The third kappa shape index (κ3) is 2.17. The van der Waals surface area contributed by atoms with Crippen LogP contribution in [-0.4, -0.2) is 35.5 Å². The highest BCUT2D eigenvalue weighted by atomic mass is 32.2. The van der Waals surface area contributed by atoms with Crippen LogP contribution in [0.25, 0.3) is 0 Å². The molecule has 1 heterocycles. The molecule has 0 spiro atoms. The van der Waals surface area contributed by atoms with E-state index in [0.29, 0.717) is 0 Å². The summed E-state index contributed by atoms with van der Waals surface area (Å²) in [6, 6.07) is -0.896. The van der Waals surface area contributed by atoms with Gasteiger partial charge in [-0.25, -0.2) is 0 Å². The largest absolute Gasteiger partial charge is 0.480 e. The number of carboxylic acids is 1. The molecule has 0 bridgehead atoms. The first-order valence-corrected chi connectivity index (χ1v) is 5.28. The molecular weight excluding hydrogens is 198 g/mol. The standard InChI is InChI=1S/C6H11NO5S/c1-3-2-4(13(10,11)12)7-5(3)6(8)9/h3-5,7H,2H2,1H3,(H,8,9)(H,10,11,12). The van der Waals surface area contributed by atoms with Gasteiger partial charge in [-0.2, -0.15) is 8.42 Å². The van der Waals surface area contributed by atoms with E-state index in [1.165, 1.54) is 0 Å². The molecule has 7 heteroatoms. The van der Waals surface area contributed by atoms with Crippen LogP contribution >= 0.6 is 0 Å². The van der Waals surface area contributed by atoms with Gasteiger partial charge in [0.2, 0.25) is 0 Å². The maximum atomic E-state index is 10.6. The molecule has 0 aromatic carbocycles. The second-order valence-electron chi connectivity index (χ2n) is 3.20. The van der Waals surface area contributed by atoms with Gasteiger partial charge in [0.05, 0.1) is 0 Å². The number of hydrogen-bond acceptors (Lipinski definition) is 4. The van der Waals surface area contributed by atoms with Crippen LogP contribution in [0.4, 0.5) is 0 Å². The third-order valence-electron chi connectivity index (χ3n) is 2.15. The molecule has 0 aliphatic carbocycles. The fraction of sp³-hybridized carbons (Fsp3) is 0.833. The first kappa shape index (κ1) is 10.4. The molecule has 3 atom stereocenters. The molecule has 1 fully saturated rings. The summed E-state index contributed by atoms with van der Waals surface area (Å²) in [7, 11) is -4.18. The van der Waals surface area contributed by atoms with Gasteiger partial charge in [0.15, 0.2) is 0 Å². The van der Waals surface area contributed by atoms with Gasteiger partial charge in [-0.3, -0.25) is 14.7 Å². The Hall–Kier alpha value is -0.660. The van der Waals surface area contributed by atoms with Crippen LogP contribution in [0.1, 0.15) is 13.3 Å². The van der Waals surface area contributed by atoms with Gasteiger partial charge in [0.25, 0.3) is 10.1 Å². The van der Waals surface area contributed by atoms with Gasteiger partial charge in [0.1, 0.15) is 11.4 Å². The lowest BCUT2D eigenvalue weighted by Crippen LogP contribution is -2.40. The molecule has 0 aromatic heterocycles. The smallest absolute Gasteiger partial charge is 0.321 e. The molecular formula is C6H11NO5S. The lowest BCUT2D eigenvalue weighted by atomic mass is 10.0. The van der Waals surface area contributed by atoms with Crippen molar-refractivity contribution in [3.63, 3.8) is 0 Å². The minimum Gasteiger partial charge on any atom is -0.480 e. The number of carbonyl (C=O) groups is 1. The number of hydrogen-bond donors (Lipinski definition) is 3. The van der Waals surface area contributed by atoms with Crippen LogP contribution < -0.4 is 5.32 Å². The fourth-order valence-corrected chi connectivity index (χ4v) is 2.29. The lowest BCUT2D eigenvalue weighted by Gasteiger charge is -2.09. The van der Waals surface area contributed by atoms with Crippen molar-refractivity contribution in [3.05, 3.63) is 0 Å². The Morgan fingerprint density at radius 2 is 2.08 bits per heavy atom. The molecule has 1 aliphatic rings. The maximum Gasteiger partial charge on any atom is 0.321 e. The van der Waals surface area contributed by atoms with Crippen LogP contribution in [0.2, 0.25) is 0 Å². The molecule has 6 nitrogen and oxygen atoms in total. The fourth-order valence-electron chi connectivity index (χ4n) is 1.43. The molecule has 0 aromatic rings. The van der Waals surface area contributed by atoms with Crippen LogP contribution in [0.5, 0.6) is 0 Å². The average Bonchev–Trinajstić information content (AvgIpc) is 2.29. The van der Waals surface area contributed by atoms with E-state index in [9.17, 15) is 13.2 Å². The monoisotopic (exact) mass is 209 g/mol. The first-order chi connectivity index (χ1) is 5.82. The van der Waals surface area contributed by atoms with Crippen molar-refractivity contribution in [2.24, 2.45) is 5.92 Å². The number of carboxylic acid groups (broad SMARTS) is 1. The number of aliphatic carboxylic acids is 1. The van der Waals surface area contributed by atoms with E-state index in [-0.39, 0.29) is 12.3 Å². The highest BCUT2D eigenvalue weighted by Crippen LogP contribution is 2.22. The van der Waals surface area contributed by atoms with Crippen molar-refractivity contribution in [1.29, 1.82) is 0 Å². The van der Waals surface area contributed by atoms with Gasteiger partial charge >= 0.3 is 5.97 Å². The zero-order valence-corrected chi connectivity index (χ0v) is 7.78. The second-order valence-corrected chi connectivity index (χ2v) is 4.80. The van der Waals surface area contributed by atoms with Gasteiger partial charge in [-0.15, -0.1) is 0 Å². The van der Waals surface area contributed by atoms with E-state index >= 15 is 0 Å². The van der Waals surface area contributed by atoms with Gasteiger partial charge in [0, 0.05) is 0 Å². The highest BCUT2D eigenvalue weighted by molar-refractivity contribution is 7.86. The summed E-state index contributed by atoms with van der Waals surface area (Å²) in [5, 5.41) is 9.82. The van der Waals surface area contributed by atoms with Crippen molar-refractivity contribution >= 4 is 16.1 Å². The van der Waals surface area contributed by atoms with E-state index < -0.39 is 27.5 Å². The van der Waals surface area contributed by atoms with Gasteiger partial charge in [-0.05, 0) is 12.3 Å². The zero-order chi connectivity index (χ0) is 10.2. The summed E-state index contributed by atoms with van der Waals surface area (Å²) in [4.78, 5) is 10.5. The van der Waals surface area contributed by atoms with E-state index in [1.807, 2.05) is 0 Å². The van der Waals surface area contributed by atoms with E-state index in [1.54, 1.807) is 6.92 Å². The first-order valence-electron chi connectivity index (χ1n) is 3.77. The predicted octanol–water partition coefficient (Wildman–Crippen LogP) is -0.717. The van der Waals surface area contributed by atoms with Crippen molar-refractivity contribution < 1.29 is 22.9 Å². The summed E-state index contributed by atoms with van der Waals surface area (Å²) in [5.74, 6) is -1.40. The molecule has 13 heavy (non-hydrogen) atoms. The Morgan fingerprint density at radius 1 is 1.54 bits per heavy atom. The molecule has 76 valence electrons. The predicted molar refractivity (Wildman–Crippen MR) is 43.7 cm³/mol. The summed E-state index contributed by atoms with van der Waals surface area (Å²) >= 11 is 0. The molecule has 1 aliphatic heterocycles. The molecule has 0 saturated carbocycles. The lowest BCUT2D eigenvalue weighted by molar-refractivity contribution is -0.139. The van der Waals surface area contributed by atoms with Crippen molar-refractivity contribution in [1.82, 2.24) is 5.32 Å². The minimum absolute atomic E-state index is 0.121. The van der Waals surface area contributed by atoms with E-state index in [4.69, 9.17) is 9.66 Å². The minimum atomic E-state index is -4.18. The molecule has 1 rings (SSSR count). The van der Waals surface area contributed by atoms with Crippen molar-refractivity contribution in [2.45, 2.75) is 24.8 Å². The van der Waals surface area contributed by atoms with Crippen LogP contribution in [-0.2, 0) is 14.9 Å². The Morgan fingerprint density at radius 3 is 2.31 bits per heavy atom. The third-order valence-corrected chi connectivity index (χ3v) is 3.19. The van der Waals surface area contributed by atoms with E-state index in [0.717, 1.165) is 0 Å². The molecule has 1 saturated heterocycles. The SMILES string of the molecule is CC1CC(S(=O)(=O)O)NC1C(=O)O. The summed E-state index contributed by atoms with van der Waals surface area (Å²) < 4.78 is 29.9. The second kappa shape index (κ2) is 3.24. The zero-order valence-electron chi connectivity index (χ0n) is 6.97. The van der Waals surface area contributed by atoms with Crippen molar-refractivity contribution in [2.75, 3.05) is 0 Å². The average molecular weight is 209 g/mol. The maximum absolute atomic E-state index is 10.6. The summed E-state index contributed by atoms with van der Waals surface area (Å²) in [5.41, 5.74) is 0. The Bertz CT molecular complexity index is 311. The molecule has 0 radical (unpaired) electrons. The summed E-state index contributed by atoms with van der Waals surface area (Å²) in [6.45, 7) is 1.62. The molecule has 3 unspecified atom stereocenters. The molecule has 3 N–H and O–H groups in total. The summed E-state index contributed by atoms with van der Waals surface area (Å²) in [6.07, 6.45) is 0.121. The van der Waals surface area contributed by atoms with Crippen molar-refractivity contribution in [3.8, 4) is 0 Å². The number of nitrogens with one attached hydrogen (secondary N) is 1. The van der Waals surface area contributed by atoms with Crippen LogP contribution in [0, 0.1) is 5.92 Å². The molecule has 0 amide bonds. The van der Waals surface area contributed by atoms with Gasteiger partial charge in [-0.1, -0.05) is 6.92 Å². The number of rotatable bonds is 2. The Kier molecular flexibility index (Phi) is 2.60. The quantitative estimate of drug-likeness (QED) is 0.519. The topological polar surface area (TPSA) is 104 Å². The Labute approximate surface area is 75.7 Å². The van der Waals surface area contributed by atoms with Gasteiger partial charge < -0.3 is 5.11 Å². The van der Waals surface area contributed by atoms with E-state index in [2.05, 4.69) is 5.32 Å². The Balaban J connectivity index is 2.77. The van der Waals surface area contributed by atoms with Crippen LogP contribution in [0.3, 0.4) is 0 Å². The highest BCUT2D eigenvalue weighted by Gasteiger charge is 2.40. The normalized spacial score (nSPS) is 34.8. The van der Waals surface area contributed by atoms with Crippen LogP contribution in [0.15, 0.2) is 0 Å².